The van der Waals surface area contributed by atoms with Gasteiger partial charge in [0.1, 0.15) is 0 Å². The van der Waals surface area contributed by atoms with E-state index in [1.807, 2.05) is 4.90 Å². The molecular weight excluding hydrogens is 190 g/mol. The fourth-order valence-corrected chi connectivity index (χ4v) is 1.31. The van der Waals surface area contributed by atoms with Crippen LogP contribution in [-0.4, -0.2) is 43.2 Å². The number of rotatable bonds is 7. The summed E-state index contributed by atoms with van der Waals surface area (Å²) in [5, 5.41) is 20.8. The zero-order valence-electron chi connectivity index (χ0n) is 9.40. The molecule has 0 amide bonds. The maximum Gasteiger partial charge on any atom is 0.0960 e. The minimum atomic E-state index is -0.237. The third-order valence-electron chi connectivity index (χ3n) is 2.24. The first kappa shape index (κ1) is 13.9. The van der Waals surface area contributed by atoms with Crippen LogP contribution in [0.4, 0.5) is 0 Å². The van der Waals surface area contributed by atoms with Crippen LogP contribution in [-0.2, 0) is 0 Å². The molecule has 15 heavy (non-hydrogen) atoms. The largest absolute Gasteiger partial charge is 0.329 e. The van der Waals surface area contributed by atoms with Crippen molar-refractivity contribution < 1.29 is 0 Å². The van der Waals surface area contributed by atoms with Crippen molar-refractivity contribution in [2.75, 3.05) is 26.2 Å². The first-order valence-corrected chi connectivity index (χ1v) is 5.13. The van der Waals surface area contributed by atoms with Gasteiger partial charge in [0.15, 0.2) is 0 Å². The SMILES string of the molecule is CC(C#N)N(CCNCCN)C(C)C#N. The third-order valence-corrected chi connectivity index (χ3v) is 2.24. The van der Waals surface area contributed by atoms with Crippen molar-refractivity contribution in [3.05, 3.63) is 0 Å². The minimum absolute atomic E-state index is 0.237. The molecule has 0 aromatic carbocycles. The molecule has 0 saturated heterocycles. The molecule has 0 radical (unpaired) electrons. The van der Waals surface area contributed by atoms with E-state index >= 15 is 0 Å². The molecule has 3 N–H and O–H groups in total. The maximum absolute atomic E-state index is 8.81. The van der Waals surface area contributed by atoms with Crippen molar-refractivity contribution in [3.63, 3.8) is 0 Å². The van der Waals surface area contributed by atoms with E-state index in [9.17, 15) is 0 Å². The van der Waals surface area contributed by atoms with Crippen LogP contribution < -0.4 is 11.1 Å². The lowest BCUT2D eigenvalue weighted by atomic mass is 10.2. The first-order chi connectivity index (χ1) is 7.17. The summed E-state index contributed by atoms with van der Waals surface area (Å²) in [6.07, 6.45) is 0. The Bertz CT molecular complexity index is 219. The van der Waals surface area contributed by atoms with Gasteiger partial charge in [-0.3, -0.25) is 4.90 Å². The molecule has 0 aliphatic carbocycles. The predicted octanol–water partition coefficient (Wildman–Crippen LogP) is -0.339. The Balaban J connectivity index is 4.05. The molecule has 0 aliphatic rings. The number of nitrogens with one attached hydrogen (secondary N) is 1. The van der Waals surface area contributed by atoms with Gasteiger partial charge in [-0.1, -0.05) is 0 Å². The average Bonchev–Trinajstić information content (AvgIpc) is 2.27. The van der Waals surface area contributed by atoms with E-state index in [-0.39, 0.29) is 12.1 Å². The smallest absolute Gasteiger partial charge is 0.0960 e. The highest BCUT2D eigenvalue weighted by Crippen LogP contribution is 2.03. The van der Waals surface area contributed by atoms with E-state index in [4.69, 9.17) is 16.3 Å². The van der Waals surface area contributed by atoms with Gasteiger partial charge in [0.2, 0.25) is 0 Å². The normalized spacial score (nSPS) is 14.3. The zero-order chi connectivity index (χ0) is 11.7. The molecule has 2 unspecified atom stereocenters. The Morgan fingerprint density at radius 1 is 1.20 bits per heavy atom. The van der Waals surface area contributed by atoms with E-state index in [0.717, 1.165) is 13.1 Å². The average molecular weight is 209 g/mol. The first-order valence-electron chi connectivity index (χ1n) is 5.13. The van der Waals surface area contributed by atoms with Crippen LogP contribution in [0, 0.1) is 22.7 Å². The number of nitriles is 2. The van der Waals surface area contributed by atoms with Crippen molar-refractivity contribution in [2.45, 2.75) is 25.9 Å². The van der Waals surface area contributed by atoms with Crippen molar-refractivity contribution in [1.29, 1.82) is 10.5 Å². The molecule has 0 heterocycles. The number of nitrogens with two attached hydrogens (primary N) is 1. The Hall–Kier alpha value is -1.14. The van der Waals surface area contributed by atoms with Crippen molar-refractivity contribution in [2.24, 2.45) is 5.73 Å². The zero-order valence-corrected chi connectivity index (χ0v) is 9.40. The van der Waals surface area contributed by atoms with Crippen molar-refractivity contribution >= 4 is 0 Å². The van der Waals surface area contributed by atoms with Gasteiger partial charge < -0.3 is 11.1 Å². The van der Waals surface area contributed by atoms with Crippen LogP contribution in [0.25, 0.3) is 0 Å². The quantitative estimate of drug-likeness (QED) is 0.560. The molecule has 0 rings (SSSR count). The summed E-state index contributed by atoms with van der Waals surface area (Å²) in [7, 11) is 0. The van der Waals surface area contributed by atoms with Crippen LogP contribution in [0.2, 0.25) is 0 Å². The van der Waals surface area contributed by atoms with E-state index in [1.165, 1.54) is 0 Å². The molecule has 0 fully saturated rings. The second-order valence-corrected chi connectivity index (χ2v) is 3.39. The van der Waals surface area contributed by atoms with E-state index in [1.54, 1.807) is 13.8 Å². The summed E-state index contributed by atoms with van der Waals surface area (Å²) in [6.45, 7) is 6.39. The van der Waals surface area contributed by atoms with E-state index in [2.05, 4.69) is 17.5 Å². The van der Waals surface area contributed by atoms with E-state index < -0.39 is 0 Å². The minimum Gasteiger partial charge on any atom is -0.329 e. The summed E-state index contributed by atoms with van der Waals surface area (Å²) in [6, 6.07) is 3.81. The molecule has 84 valence electrons. The van der Waals surface area contributed by atoms with Gasteiger partial charge >= 0.3 is 0 Å². The summed E-state index contributed by atoms with van der Waals surface area (Å²) in [4.78, 5) is 1.86. The number of hydrogen-bond acceptors (Lipinski definition) is 5. The van der Waals surface area contributed by atoms with E-state index in [0.29, 0.717) is 13.1 Å². The fraction of sp³-hybridized carbons (Fsp3) is 0.800. The lowest BCUT2D eigenvalue weighted by Gasteiger charge is -2.26. The van der Waals surface area contributed by atoms with Gasteiger partial charge in [-0.25, -0.2) is 0 Å². The molecule has 0 aromatic rings. The molecule has 0 aliphatic heterocycles. The molecule has 0 saturated carbocycles. The fourth-order valence-electron chi connectivity index (χ4n) is 1.31. The highest BCUT2D eigenvalue weighted by atomic mass is 15.2. The molecule has 0 bridgehead atoms. The topological polar surface area (TPSA) is 88.9 Å². The maximum atomic E-state index is 8.81. The molecule has 2 atom stereocenters. The summed E-state index contributed by atoms with van der Waals surface area (Å²) < 4.78 is 0. The molecule has 5 heteroatoms. The summed E-state index contributed by atoms with van der Waals surface area (Å²) >= 11 is 0. The lowest BCUT2D eigenvalue weighted by molar-refractivity contribution is 0.219. The molecule has 0 aromatic heterocycles. The Morgan fingerprint density at radius 2 is 1.73 bits per heavy atom. The molecular formula is C10H19N5. The van der Waals surface area contributed by atoms with Crippen LogP contribution in [0.1, 0.15) is 13.8 Å². The second kappa shape index (κ2) is 8.19. The van der Waals surface area contributed by atoms with Gasteiger partial charge in [0, 0.05) is 26.2 Å². The lowest BCUT2D eigenvalue weighted by Crippen LogP contribution is -2.43. The molecule has 5 nitrogen and oxygen atoms in total. The van der Waals surface area contributed by atoms with Crippen LogP contribution in [0.3, 0.4) is 0 Å². The Labute approximate surface area is 91.5 Å². The Kier molecular flexibility index (Phi) is 7.57. The molecule has 0 spiro atoms. The van der Waals surface area contributed by atoms with Gasteiger partial charge in [-0.15, -0.1) is 0 Å². The summed E-state index contributed by atoms with van der Waals surface area (Å²) in [5.74, 6) is 0. The van der Waals surface area contributed by atoms with Gasteiger partial charge in [-0.2, -0.15) is 10.5 Å². The van der Waals surface area contributed by atoms with Crippen LogP contribution in [0.15, 0.2) is 0 Å². The van der Waals surface area contributed by atoms with Gasteiger partial charge in [-0.05, 0) is 13.8 Å². The monoisotopic (exact) mass is 209 g/mol. The highest BCUT2D eigenvalue weighted by Gasteiger charge is 2.18. The van der Waals surface area contributed by atoms with Crippen LogP contribution in [0.5, 0.6) is 0 Å². The number of hydrogen-bond donors (Lipinski definition) is 2. The number of nitrogens with zero attached hydrogens (tertiary/aromatic N) is 3. The second-order valence-electron chi connectivity index (χ2n) is 3.39. The van der Waals surface area contributed by atoms with Crippen molar-refractivity contribution in [3.8, 4) is 12.1 Å². The third kappa shape index (κ3) is 5.34. The predicted molar refractivity (Wildman–Crippen MR) is 58.8 cm³/mol. The van der Waals surface area contributed by atoms with Crippen LogP contribution >= 0.6 is 0 Å². The van der Waals surface area contributed by atoms with Crippen molar-refractivity contribution in [1.82, 2.24) is 10.2 Å². The Morgan fingerprint density at radius 3 is 2.13 bits per heavy atom. The highest BCUT2D eigenvalue weighted by molar-refractivity contribution is 4.97. The van der Waals surface area contributed by atoms with Gasteiger partial charge in [0.25, 0.3) is 0 Å². The van der Waals surface area contributed by atoms with Gasteiger partial charge in [0.05, 0.1) is 24.2 Å². The summed E-state index contributed by atoms with van der Waals surface area (Å²) in [5.41, 5.74) is 5.34. The standard InChI is InChI=1S/C10H19N5/c1-9(7-12)15(10(2)8-13)6-5-14-4-3-11/h9-10,14H,3-6,11H2,1-2H3.